The van der Waals surface area contributed by atoms with Gasteiger partial charge in [0.2, 0.25) is 0 Å². The van der Waals surface area contributed by atoms with E-state index in [-0.39, 0.29) is 11.9 Å². The van der Waals surface area contributed by atoms with Crippen molar-refractivity contribution in [1.82, 2.24) is 4.90 Å². The van der Waals surface area contributed by atoms with Gasteiger partial charge in [-0.1, -0.05) is 72.4 Å². The Kier molecular flexibility index (Phi) is 7.47. The Morgan fingerprint density at radius 2 is 1.71 bits per heavy atom. The highest BCUT2D eigenvalue weighted by Crippen LogP contribution is 2.39. The molecule has 5 rings (SSSR count). The molecule has 0 spiro atoms. The van der Waals surface area contributed by atoms with Gasteiger partial charge in [0.15, 0.2) is 5.17 Å². The van der Waals surface area contributed by atoms with Crippen molar-refractivity contribution in [1.29, 1.82) is 0 Å². The van der Waals surface area contributed by atoms with Crippen LogP contribution in [-0.2, 0) is 11.4 Å². The number of hydrogen-bond acceptors (Lipinski definition) is 4. The van der Waals surface area contributed by atoms with Gasteiger partial charge in [-0.3, -0.25) is 9.69 Å². The third-order valence-corrected chi connectivity index (χ3v) is 7.80. The topological polar surface area (TPSA) is 41.9 Å². The molecule has 0 bridgehead atoms. The Morgan fingerprint density at radius 3 is 2.43 bits per heavy atom. The predicted octanol–water partition coefficient (Wildman–Crippen LogP) is 8.12. The average Bonchev–Trinajstić information content (AvgIpc) is 3.49. The second kappa shape index (κ2) is 10.9. The number of thioether (sulfide) groups is 1. The SMILES string of the molecule is O=C1/C(=C\c2ccc(OCc3ccc(Cl)c(Cl)c3)cc2)SC(=Nc2ccccc2)N1C1CCCC1. The predicted molar refractivity (Wildman–Crippen MR) is 145 cm³/mol. The highest BCUT2D eigenvalue weighted by molar-refractivity contribution is 8.18. The Balaban J connectivity index is 1.32. The van der Waals surface area contributed by atoms with Crippen molar-refractivity contribution in [2.45, 2.75) is 38.3 Å². The number of rotatable bonds is 6. The van der Waals surface area contributed by atoms with Gasteiger partial charge in [0.1, 0.15) is 12.4 Å². The molecule has 4 nitrogen and oxygen atoms in total. The number of para-hydroxylation sites is 1. The second-order valence-electron chi connectivity index (χ2n) is 8.56. The summed E-state index contributed by atoms with van der Waals surface area (Å²) in [4.78, 5) is 20.8. The van der Waals surface area contributed by atoms with Crippen molar-refractivity contribution in [2.24, 2.45) is 4.99 Å². The molecule has 0 unspecified atom stereocenters. The first-order valence-electron chi connectivity index (χ1n) is 11.6. The third-order valence-electron chi connectivity index (χ3n) is 6.08. The van der Waals surface area contributed by atoms with Gasteiger partial charge in [-0.05, 0) is 78.2 Å². The van der Waals surface area contributed by atoms with Crippen LogP contribution in [0.15, 0.2) is 82.7 Å². The molecule has 1 aliphatic carbocycles. The van der Waals surface area contributed by atoms with Crippen LogP contribution in [0.5, 0.6) is 5.75 Å². The molecule has 0 aromatic heterocycles. The first-order valence-corrected chi connectivity index (χ1v) is 13.2. The maximum absolute atomic E-state index is 13.4. The van der Waals surface area contributed by atoms with Crippen LogP contribution in [0.4, 0.5) is 5.69 Å². The van der Waals surface area contributed by atoms with Gasteiger partial charge in [-0.2, -0.15) is 0 Å². The quantitative estimate of drug-likeness (QED) is 0.307. The number of amidine groups is 1. The summed E-state index contributed by atoms with van der Waals surface area (Å²) in [5.74, 6) is 0.777. The Labute approximate surface area is 219 Å². The van der Waals surface area contributed by atoms with E-state index < -0.39 is 0 Å². The van der Waals surface area contributed by atoms with Gasteiger partial charge in [0.25, 0.3) is 5.91 Å². The lowest BCUT2D eigenvalue weighted by atomic mass is 10.2. The van der Waals surface area contributed by atoms with E-state index in [1.54, 1.807) is 12.1 Å². The maximum Gasteiger partial charge on any atom is 0.267 e. The summed E-state index contributed by atoms with van der Waals surface area (Å²) in [6.45, 7) is 0.390. The van der Waals surface area contributed by atoms with Gasteiger partial charge < -0.3 is 4.74 Å². The van der Waals surface area contributed by atoms with Crippen molar-refractivity contribution in [3.05, 3.63) is 98.9 Å². The molecule has 3 aromatic carbocycles. The zero-order valence-corrected chi connectivity index (χ0v) is 21.3. The van der Waals surface area contributed by atoms with E-state index in [0.29, 0.717) is 21.6 Å². The Morgan fingerprint density at radius 1 is 0.971 bits per heavy atom. The molecule has 178 valence electrons. The maximum atomic E-state index is 13.4. The van der Waals surface area contributed by atoms with Gasteiger partial charge in [0.05, 0.1) is 20.6 Å². The fourth-order valence-corrected chi connectivity index (χ4v) is 5.65. The van der Waals surface area contributed by atoms with Crippen molar-refractivity contribution in [3.63, 3.8) is 0 Å². The molecule has 0 radical (unpaired) electrons. The average molecular weight is 523 g/mol. The number of benzene rings is 3. The van der Waals surface area contributed by atoms with E-state index in [4.69, 9.17) is 32.9 Å². The largest absolute Gasteiger partial charge is 0.489 e. The number of ether oxygens (including phenoxy) is 1. The lowest BCUT2D eigenvalue weighted by Crippen LogP contribution is -2.37. The van der Waals surface area contributed by atoms with Gasteiger partial charge >= 0.3 is 0 Å². The van der Waals surface area contributed by atoms with E-state index in [2.05, 4.69) is 0 Å². The molecule has 1 saturated carbocycles. The highest BCUT2D eigenvalue weighted by atomic mass is 35.5. The smallest absolute Gasteiger partial charge is 0.267 e. The second-order valence-corrected chi connectivity index (χ2v) is 10.4. The molecule has 7 heteroatoms. The summed E-state index contributed by atoms with van der Waals surface area (Å²) in [7, 11) is 0. The molecule has 1 amide bonds. The van der Waals surface area contributed by atoms with Crippen molar-refractivity contribution >= 4 is 57.8 Å². The molecular formula is C28H24Cl2N2O2S. The van der Waals surface area contributed by atoms with Crippen LogP contribution in [0.25, 0.3) is 6.08 Å². The summed E-state index contributed by atoms with van der Waals surface area (Å²) >= 11 is 13.5. The van der Waals surface area contributed by atoms with Crippen LogP contribution >= 0.6 is 35.0 Å². The minimum absolute atomic E-state index is 0.0384. The van der Waals surface area contributed by atoms with Gasteiger partial charge in [-0.15, -0.1) is 0 Å². The molecule has 2 fully saturated rings. The van der Waals surface area contributed by atoms with Crippen molar-refractivity contribution < 1.29 is 9.53 Å². The van der Waals surface area contributed by atoms with Crippen LogP contribution in [0, 0.1) is 0 Å². The molecule has 0 N–H and O–H groups in total. The van der Waals surface area contributed by atoms with Crippen molar-refractivity contribution in [3.8, 4) is 5.75 Å². The molecular weight excluding hydrogens is 499 g/mol. The zero-order valence-electron chi connectivity index (χ0n) is 19.0. The molecule has 0 atom stereocenters. The van der Waals surface area contributed by atoms with E-state index in [0.717, 1.165) is 53.4 Å². The molecule has 1 saturated heterocycles. The van der Waals surface area contributed by atoms with Gasteiger partial charge in [-0.25, -0.2) is 4.99 Å². The summed E-state index contributed by atoms with van der Waals surface area (Å²) in [6.07, 6.45) is 6.29. The summed E-state index contributed by atoms with van der Waals surface area (Å²) in [6, 6.07) is 23.2. The number of carbonyl (C=O) groups excluding carboxylic acids is 1. The molecule has 2 aliphatic rings. The first-order chi connectivity index (χ1) is 17.1. The summed E-state index contributed by atoms with van der Waals surface area (Å²) in [5, 5.41) is 1.80. The molecule has 3 aromatic rings. The lowest BCUT2D eigenvalue weighted by molar-refractivity contribution is -0.123. The van der Waals surface area contributed by atoms with Crippen molar-refractivity contribution in [2.75, 3.05) is 0 Å². The van der Waals surface area contributed by atoms with E-state index >= 15 is 0 Å². The van der Waals surface area contributed by atoms with Crippen LogP contribution in [0.2, 0.25) is 10.0 Å². The number of nitrogens with zero attached hydrogens (tertiary/aromatic N) is 2. The summed E-state index contributed by atoms with van der Waals surface area (Å²) in [5.41, 5.74) is 2.74. The normalized spacial score (nSPS) is 18.7. The third kappa shape index (κ3) is 5.75. The van der Waals surface area contributed by atoms with Gasteiger partial charge in [0, 0.05) is 6.04 Å². The summed E-state index contributed by atoms with van der Waals surface area (Å²) < 4.78 is 5.88. The standard InChI is InChI=1S/C28H24Cl2N2O2S/c29-24-15-12-20(16-25(24)30)18-34-23-13-10-19(11-14-23)17-26-27(33)32(22-8-4-5-9-22)28(35-26)31-21-6-2-1-3-7-21/h1-3,6-7,10-17,22H,4-5,8-9,18H2/b26-17+,31-28?. The molecule has 1 aliphatic heterocycles. The molecule has 35 heavy (non-hydrogen) atoms. The number of aliphatic imine (C=N–C) groups is 1. The number of hydrogen-bond donors (Lipinski definition) is 0. The van der Waals surface area contributed by atoms with Crippen LogP contribution in [-0.4, -0.2) is 22.0 Å². The van der Waals surface area contributed by atoms with E-state index in [9.17, 15) is 4.79 Å². The number of halogens is 2. The number of amides is 1. The minimum Gasteiger partial charge on any atom is -0.489 e. The lowest BCUT2D eigenvalue weighted by Gasteiger charge is -2.22. The fourth-order valence-electron chi connectivity index (χ4n) is 4.27. The van der Waals surface area contributed by atoms with E-state index in [1.165, 1.54) is 11.8 Å². The minimum atomic E-state index is 0.0384. The number of carbonyl (C=O) groups is 1. The molecule has 1 heterocycles. The van der Waals surface area contributed by atoms with Crippen LogP contribution in [0.3, 0.4) is 0 Å². The Hall–Kier alpha value is -2.73. The fraction of sp³-hybridized carbons (Fsp3) is 0.214. The zero-order chi connectivity index (χ0) is 24.2. The van der Waals surface area contributed by atoms with Crippen LogP contribution < -0.4 is 4.74 Å². The first kappa shape index (κ1) is 24.0. The Bertz CT molecular complexity index is 1270. The highest BCUT2D eigenvalue weighted by Gasteiger charge is 2.39. The van der Waals surface area contributed by atoms with Crippen LogP contribution in [0.1, 0.15) is 36.8 Å². The monoisotopic (exact) mass is 522 g/mol. The van der Waals surface area contributed by atoms with E-state index in [1.807, 2.05) is 71.6 Å².